The molecule has 9 heteroatoms. The van der Waals surface area contributed by atoms with E-state index in [4.69, 9.17) is 21.1 Å². The van der Waals surface area contributed by atoms with Gasteiger partial charge in [-0.3, -0.25) is 14.5 Å². The number of imide groups is 1. The summed E-state index contributed by atoms with van der Waals surface area (Å²) in [5.74, 6) is -0.989. The molecule has 6 nitrogen and oxygen atoms in total. The van der Waals surface area contributed by atoms with Gasteiger partial charge < -0.3 is 9.47 Å². The molecule has 2 amide bonds. The Kier molecular flexibility index (Phi) is 7.00. The molecule has 1 fully saturated rings. The fourth-order valence-corrected chi connectivity index (χ4v) is 4.13. The molecule has 1 aliphatic rings. The number of esters is 1. The van der Waals surface area contributed by atoms with Gasteiger partial charge in [0.05, 0.1) is 24.1 Å². The van der Waals surface area contributed by atoms with Gasteiger partial charge in [-0.15, -0.1) is 0 Å². The molecule has 4 rings (SSSR count). The van der Waals surface area contributed by atoms with Crippen LogP contribution in [-0.2, 0) is 11.3 Å². The number of hydrogen-bond donors (Lipinski definition) is 0. The number of halogens is 2. The number of nitrogens with zero attached hydrogens (tertiary/aromatic N) is 1. The fraction of sp³-hybridized carbons (Fsp3) is 0.0800. The second-order valence-corrected chi connectivity index (χ2v) is 8.63. The van der Waals surface area contributed by atoms with E-state index in [1.54, 1.807) is 30.3 Å². The lowest BCUT2D eigenvalue weighted by Crippen LogP contribution is -2.27. The predicted molar refractivity (Wildman–Crippen MR) is 127 cm³/mol. The minimum atomic E-state index is -0.605. The Morgan fingerprint density at radius 3 is 2.41 bits per heavy atom. The Balaban J connectivity index is 1.54. The lowest BCUT2D eigenvalue weighted by molar-refractivity contribution is -0.123. The quantitative estimate of drug-likeness (QED) is 0.238. The molecular formula is C25H17ClFNO5S. The molecule has 0 radical (unpaired) electrons. The summed E-state index contributed by atoms with van der Waals surface area (Å²) in [6.07, 6.45) is 1.54. The van der Waals surface area contributed by atoms with Crippen LogP contribution < -0.4 is 9.47 Å². The van der Waals surface area contributed by atoms with Crippen LogP contribution in [0, 0.1) is 5.82 Å². The summed E-state index contributed by atoms with van der Waals surface area (Å²) >= 11 is 6.66. The Hall–Kier alpha value is -3.62. The summed E-state index contributed by atoms with van der Waals surface area (Å²) in [5.41, 5.74) is 1.47. The fourth-order valence-electron chi connectivity index (χ4n) is 3.17. The highest BCUT2D eigenvalue weighted by Gasteiger charge is 2.35. The van der Waals surface area contributed by atoms with Crippen molar-refractivity contribution >= 4 is 46.6 Å². The van der Waals surface area contributed by atoms with Crippen LogP contribution in [0.1, 0.15) is 21.5 Å². The number of carbonyl (C=O) groups excluding carboxylic acids is 3. The molecule has 0 N–H and O–H groups in total. The first-order chi connectivity index (χ1) is 16.3. The van der Waals surface area contributed by atoms with Crippen molar-refractivity contribution in [2.24, 2.45) is 0 Å². The number of rotatable bonds is 6. The summed E-state index contributed by atoms with van der Waals surface area (Å²) in [5, 5.41) is 0.0629. The summed E-state index contributed by atoms with van der Waals surface area (Å²) < 4.78 is 23.9. The monoisotopic (exact) mass is 497 g/mol. The smallest absolute Gasteiger partial charge is 0.343 e. The molecule has 0 aliphatic carbocycles. The number of methoxy groups -OCH3 is 1. The SMILES string of the molecule is COc1ccc(/C=C2\SC(=O)N(Cc3ccc(F)cc3)C2=O)cc1OC(=O)c1ccc(Cl)cc1. The third-order valence-electron chi connectivity index (χ3n) is 4.90. The van der Waals surface area contributed by atoms with Crippen LogP contribution in [0.25, 0.3) is 6.08 Å². The van der Waals surface area contributed by atoms with Crippen molar-refractivity contribution in [1.82, 2.24) is 4.90 Å². The zero-order valence-electron chi connectivity index (χ0n) is 17.8. The molecule has 0 unspecified atom stereocenters. The number of benzene rings is 3. The first-order valence-electron chi connectivity index (χ1n) is 9.99. The molecule has 3 aromatic carbocycles. The molecule has 172 valence electrons. The summed E-state index contributed by atoms with van der Waals surface area (Å²) in [6, 6.07) is 16.6. The number of ether oxygens (including phenoxy) is 2. The Morgan fingerprint density at radius 2 is 1.74 bits per heavy atom. The number of hydrogen-bond acceptors (Lipinski definition) is 6. The molecule has 1 heterocycles. The van der Waals surface area contributed by atoms with E-state index in [2.05, 4.69) is 0 Å². The standard InChI is InChI=1S/C25H17ClFNO5S/c1-32-20-11-4-16(12-21(20)33-24(30)17-5-7-18(26)8-6-17)13-22-23(29)28(25(31)34-22)14-15-2-9-19(27)10-3-15/h2-13H,14H2,1H3/b22-13-. The summed E-state index contributed by atoms with van der Waals surface area (Å²) in [7, 11) is 1.44. The zero-order valence-corrected chi connectivity index (χ0v) is 19.4. The van der Waals surface area contributed by atoms with Gasteiger partial charge in [0.15, 0.2) is 11.5 Å². The van der Waals surface area contributed by atoms with Gasteiger partial charge in [0.25, 0.3) is 11.1 Å². The van der Waals surface area contributed by atoms with Gasteiger partial charge in [0.1, 0.15) is 5.82 Å². The maximum Gasteiger partial charge on any atom is 0.343 e. The minimum Gasteiger partial charge on any atom is -0.493 e. The van der Waals surface area contributed by atoms with Crippen molar-refractivity contribution in [2.45, 2.75) is 6.54 Å². The maximum absolute atomic E-state index is 13.1. The maximum atomic E-state index is 13.1. The highest BCUT2D eigenvalue weighted by molar-refractivity contribution is 8.18. The third kappa shape index (κ3) is 5.30. The highest BCUT2D eigenvalue weighted by Crippen LogP contribution is 2.35. The van der Waals surface area contributed by atoms with Crippen molar-refractivity contribution < 1.29 is 28.2 Å². The van der Waals surface area contributed by atoms with E-state index in [1.807, 2.05) is 0 Å². The van der Waals surface area contributed by atoms with Crippen molar-refractivity contribution in [3.63, 3.8) is 0 Å². The second-order valence-electron chi connectivity index (χ2n) is 7.20. The third-order valence-corrected chi connectivity index (χ3v) is 6.05. The number of thioether (sulfide) groups is 1. The van der Waals surface area contributed by atoms with Gasteiger partial charge in [-0.1, -0.05) is 29.8 Å². The molecule has 3 aromatic rings. The van der Waals surface area contributed by atoms with Crippen molar-refractivity contribution in [3.05, 3.63) is 99.2 Å². The Bertz CT molecular complexity index is 1290. The van der Waals surface area contributed by atoms with Crippen LogP contribution in [0.15, 0.2) is 71.6 Å². The normalized spacial score (nSPS) is 14.6. The van der Waals surface area contributed by atoms with Crippen LogP contribution in [0.4, 0.5) is 9.18 Å². The Morgan fingerprint density at radius 1 is 1.03 bits per heavy atom. The topological polar surface area (TPSA) is 72.9 Å². The predicted octanol–water partition coefficient (Wildman–Crippen LogP) is 5.94. The van der Waals surface area contributed by atoms with Gasteiger partial charge in [0.2, 0.25) is 0 Å². The Labute approximate surface area is 203 Å². The van der Waals surface area contributed by atoms with E-state index >= 15 is 0 Å². The summed E-state index contributed by atoms with van der Waals surface area (Å²) in [6.45, 7) is 0.0366. The highest BCUT2D eigenvalue weighted by atomic mass is 35.5. The van der Waals surface area contributed by atoms with Crippen LogP contribution in [0.2, 0.25) is 5.02 Å². The van der Waals surface area contributed by atoms with Gasteiger partial charge in [-0.2, -0.15) is 0 Å². The first-order valence-corrected chi connectivity index (χ1v) is 11.2. The number of amides is 2. The first kappa shape index (κ1) is 23.5. The van der Waals surface area contributed by atoms with Crippen molar-refractivity contribution in [3.8, 4) is 11.5 Å². The second kappa shape index (κ2) is 10.1. The van der Waals surface area contributed by atoms with Crippen molar-refractivity contribution in [2.75, 3.05) is 7.11 Å². The summed E-state index contributed by atoms with van der Waals surface area (Å²) in [4.78, 5) is 39.0. The van der Waals surface area contributed by atoms with E-state index in [0.717, 1.165) is 16.7 Å². The number of carbonyl (C=O) groups is 3. The minimum absolute atomic E-state index is 0.0366. The van der Waals surface area contributed by atoms with Crippen LogP contribution in [0.5, 0.6) is 11.5 Å². The van der Waals surface area contributed by atoms with E-state index < -0.39 is 22.9 Å². The van der Waals surface area contributed by atoms with Crippen LogP contribution in [-0.4, -0.2) is 29.1 Å². The van der Waals surface area contributed by atoms with Gasteiger partial charge in [0, 0.05) is 5.02 Å². The van der Waals surface area contributed by atoms with E-state index in [9.17, 15) is 18.8 Å². The largest absolute Gasteiger partial charge is 0.493 e. The lowest BCUT2D eigenvalue weighted by Gasteiger charge is -2.12. The van der Waals surface area contributed by atoms with Gasteiger partial charge in [-0.05, 0) is 77.5 Å². The molecule has 0 atom stereocenters. The van der Waals surface area contributed by atoms with Crippen LogP contribution in [0.3, 0.4) is 0 Å². The van der Waals surface area contributed by atoms with E-state index in [-0.39, 0.29) is 17.2 Å². The average Bonchev–Trinajstić information content (AvgIpc) is 3.08. The van der Waals surface area contributed by atoms with Gasteiger partial charge in [-0.25, -0.2) is 9.18 Å². The van der Waals surface area contributed by atoms with E-state index in [0.29, 0.717) is 27.5 Å². The molecule has 0 bridgehead atoms. The molecule has 1 saturated heterocycles. The van der Waals surface area contributed by atoms with E-state index in [1.165, 1.54) is 49.6 Å². The molecular weight excluding hydrogens is 481 g/mol. The molecule has 1 aliphatic heterocycles. The molecule has 0 aromatic heterocycles. The van der Waals surface area contributed by atoms with Gasteiger partial charge >= 0.3 is 5.97 Å². The van der Waals surface area contributed by atoms with Crippen LogP contribution >= 0.6 is 23.4 Å². The van der Waals surface area contributed by atoms with Crippen molar-refractivity contribution in [1.29, 1.82) is 0 Å². The molecule has 34 heavy (non-hydrogen) atoms. The molecule has 0 saturated carbocycles. The average molecular weight is 498 g/mol. The zero-order chi connectivity index (χ0) is 24.2. The lowest BCUT2D eigenvalue weighted by atomic mass is 10.1. The molecule has 0 spiro atoms.